The third-order valence-electron chi connectivity index (χ3n) is 4.44. The van der Waals surface area contributed by atoms with Gasteiger partial charge in [0.2, 0.25) is 5.13 Å². The summed E-state index contributed by atoms with van der Waals surface area (Å²) < 4.78 is 4.51. The van der Waals surface area contributed by atoms with E-state index in [1.54, 1.807) is 11.5 Å². The second-order valence-corrected chi connectivity index (χ2v) is 7.28. The summed E-state index contributed by atoms with van der Waals surface area (Å²) in [7, 11) is 0. The summed E-state index contributed by atoms with van der Waals surface area (Å²) in [6, 6.07) is 6.12. The predicted molar refractivity (Wildman–Crippen MR) is 92.5 cm³/mol. The van der Waals surface area contributed by atoms with Gasteiger partial charge in [0.1, 0.15) is 5.82 Å². The van der Waals surface area contributed by atoms with Crippen LogP contribution >= 0.6 is 23.1 Å². The maximum Gasteiger partial charge on any atom is 0.205 e. The van der Waals surface area contributed by atoms with E-state index in [2.05, 4.69) is 33.2 Å². The molecule has 0 N–H and O–H groups in total. The van der Waals surface area contributed by atoms with E-state index in [0.717, 1.165) is 42.2 Å². The normalized spacial score (nSPS) is 18.8. The van der Waals surface area contributed by atoms with Crippen molar-refractivity contribution in [2.45, 2.75) is 25.7 Å². The van der Waals surface area contributed by atoms with E-state index in [4.69, 9.17) is 16.6 Å². The predicted octanol–water partition coefficient (Wildman–Crippen LogP) is 3.70. The number of piperazine rings is 1. The molecular formula is C16H19ClN4S. The number of anilines is 2. The molecular weight excluding hydrogens is 316 g/mol. The minimum atomic E-state index is 0.639. The summed E-state index contributed by atoms with van der Waals surface area (Å²) in [6.07, 6.45) is 2.52. The maximum atomic E-state index is 6.15. The fourth-order valence-electron chi connectivity index (χ4n) is 2.92. The zero-order valence-electron chi connectivity index (χ0n) is 12.6. The van der Waals surface area contributed by atoms with Crippen molar-refractivity contribution in [3.63, 3.8) is 0 Å². The number of benzene rings is 1. The number of aryl methyl sites for hydroxylation is 1. The molecule has 2 aliphatic rings. The van der Waals surface area contributed by atoms with Crippen LogP contribution in [0.25, 0.3) is 0 Å². The Morgan fingerprint density at radius 2 is 1.86 bits per heavy atom. The van der Waals surface area contributed by atoms with Crippen molar-refractivity contribution >= 4 is 34.0 Å². The van der Waals surface area contributed by atoms with E-state index in [1.807, 2.05) is 6.07 Å². The minimum absolute atomic E-state index is 0.639. The Morgan fingerprint density at radius 1 is 1.14 bits per heavy atom. The first-order valence-electron chi connectivity index (χ1n) is 7.80. The molecule has 1 aliphatic heterocycles. The highest BCUT2D eigenvalue weighted by Gasteiger charge is 2.29. The Labute approximate surface area is 139 Å². The van der Waals surface area contributed by atoms with Crippen molar-refractivity contribution < 1.29 is 0 Å². The highest BCUT2D eigenvalue weighted by molar-refractivity contribution is 7.09. The summed E-state index contributed by atoms with van der Waals surface area (Å²) >= 11 is 7.70. The van der Waals surface area contributed by atoms with Gasteiger partial charge >= 0.3 is 0 Å². The maximum absolute atomic E-state index is 6.15. The monoisotopic (exact) mass is 334 g/mol. The molecule has 1 saturated heterocycles. The Balaban J connectivity index is 1.44. The van der Waals surface area contributed by atoms with Crippen molar-refractivity contribution in [1.82, 2.24) is 9.36 Å². The fourth-order valence-corrected chi connectivity index (χ4v) is 3.89. The van der Waals surface area contributed by atoms with Crippen LogP contribution in [-0.4, -0.2) is 35.5 Å². The summed E-state index contributed by atoms with van der Waals surface area (Å²) in [5, 5.41) is 1.89. The Kier molecular flexibility index (Phi) is 3.70. The molecule has 0 atom stereocenters. The van der Waals surface area contributed by atoms with Gasteiger partial charge in [-0.2, -0.15) is 4.37 Å². The molecule has 1 saturated carbocycles. The van der Waals surface area contributed by atoms with Crippen LogP contribution in [0, 0.1) is 6.92 Å². The van der Waals surface area contributed by atoms with E-state index < -0.39 is 0 Å². The SMILES string of the molecule is Cc1ccc(Cl)cc1N1CCN(c2nc(C3CC3)ns2)CC1. The zero-order chi connectivity index (χ0) is 15.1. The minimum Gasteiger partial charge on any atom is -0.368 e. The molecule has 116 valence electrons. The number of aromatic nitrogens is 2. The zero-order valence-corrected chi connectivity index (χ0v) is 14.2. The van der Waals surface area contributed by atoms with Crippen LogP contribution in [0.3, 0.4) is 0 Å². The van der Waals surface area contributed by atoms with Gasteiger partial charge in [-0.25, -0.2) is 4.98 Å². The lowest BCUT2D eigenvalue weighted by atomic mass is 10.1. The highest BCUT2D eigenvalue weighted by atomic mass is 35.5. The molecule has 0 bridgehead atoms. The standard InChI is InChI=1S/C16H19ClN4S/c1-11-2-5-13(17)10-14(11)20-6-8-21(9-7-20)16-18-15(19-22-16)12-3-4-12/h2,5,10,12H,3-4,6-9H2,1H3. The van der Waals surface area contributed by atoms with Crippen LogP contribution in [-0.2, 0) is 0 Å². The van der Waals surface area contributed by atoms with E-state index in [-0.39, 0.29) is 0 Å². The fraction of sp³-hybridized carbons (Fsp3) is 0.500. The highest BCUT2D eigenvalue weighted by Crippen LogP contribution is 2.39. The lowest BCUT2D eigenvalue weighted by molar-refractivity contribution is 0.650. The van der Waals surface area contributed by atoms with E-state index in [1.165, 1.54) is 24.1 Å². The molecule has 1 aromatic heterocycles. The van der Waals surface area contributed by atoms with Gasteiger partial charge in [-0.15, -0.1) is 0 Å². The molecule has 0 radical (unpaired) electrons. The summed E-state index contributed by atoms with van der Waals surface area (Å²) in [6.45, 7) is 6.13. The number of rotatable bonds is 3. The first kappa shape index (κ1) is 14.3. The van der Waals surface area contributed by atoms with E-state index >= 15 is 0 Å². The van der Waals surface area contributed by atoms with Gasteiger partial charge in [-0.3, -0.25) is 0 Å². The van der Waals surface area contributed by atoms with Crippen LogP contribution in [0.2, 0.25) is 5.02 Å². The van der Waals surface area contributed by atoms with Crippen molar-refractivity contribution in [2.24, 2.45) is 0 Å². The number of halogens is 1. The molecule has 0 unspecified atom stereocenters. The third-order valence-corrected chi connectivity index (χ3v) is 5.46. The Bertz CT molecular complexity index is 675. The quantitative estimate of drug-likeness (QED) is 0.856. The van der Waals surface area contributed by atoms with Crippen LogP contribution in [0.1, 0.15) is 30.1 Å². The largest absolute Gasteiger partial charge is 0.368 e. The topological polar surface area (TPSA) is 32.3 Å². The molecule has 1 aromatic carbocycles. The third kappa shape index (κ3) is 2.79. The lowest BCUT2D eigenvalue weighted by Crippen LogP contribution is -2.46. The van der Waals surface area contributed by atoms with Crippen molar-refractivity contribution in [3.8, 4) is 0 Å². The van der Waals surface area contributed by atoms with Gasteiger partial charge in [0.15, 0.2) is 0 Å². The Morgan fingerprint density at radius 3 is 2.59 bits per heavy atom. The average molecular weight is 335 g/mol. The molecule has 2 aromatic rings. The molecule has 4 nitrogen and oxygen atoms in total. The molecule has 0 amide bonds. The summed E-state index contributed by atoms with van der Waals surface area (Å²) in [5.74, 6) is 1.70. The second-order valence-electron chi connectivity index (χ2n) is 6.11. The Hall–Kier alpha value is -1.33. The van der Waals surface area contributed by atoms with Crippen LogP contribution in [0.15, 0.2) is 18.2 Å². The summed E-state index contributed by atoms with van der Waals surface area (Å²) in [5.41, 5.74) is 2.54. The molecule has 6 heteroatoms. The summed E-state index contributed by atoms with van der Waals surface area (Å²) in [4.78, 5) is 9.50. The average Bonchev–Trinajstić information content (AvgIpc) is 3.27. The van der Waals surface area contributed by atoms with Gasteiger partial charge in [-0.05, 0) is 37.5 Å². The second kappa shape index (κ2) is 5.70. The first-order valence-corrected chi connectivity index (χ1v) is 8.95. The van der Waals surface area contributed by atoms with Crippen LogP contribution in [0.5, 0.6) is 0 Å². The van der Waals surface area contributed by atoms with Crippen LogP contribution in [0.4, 0.5) is 10.8 Å². The molecule has 1 aliphatic carbocycles. The van der Waals surface area contributed by atoms with E-state index in [9.17, 15) is 0 Å². The van der Waals surface area contributed by atoms with Crippen molar-refractivity contribution in [2.75, 3.05) is 36.0 Å². The number of nitrogens with zero attached hydrogens (tertiary/aromatic N) is 4. The molecule has 22 heavy (non-hydrogen) atoms. The van der Waals surface area contributed by atoms with Gasteiger partial charge in [0.05, 0.1) is 0 Å². The number of hydrogen-bond donors (Lipinski definition) is 0. The smallest absolute Gasteiger partial charge is 0.205 e. The molecule has 4 rings (SSSR count). The van der Waals surface area contributed by atoms with Gasteiger partial charge in [0, 0.05) is 54.3 Å². The van der Waals surface area contributed by atoms with Crippen LogP contribution < -0.4 is 9.80 Å². The molecule has 0 spiro atoms. The molecule has 2 heterocycles. The van der Waals surface area contributed by atoms with Gasteiger partial charge < -0.3 is 9.80 Å². The van der Waals surface area contributed by atoms with Gasteiger partial charge in [-0.1, -0.05) is 17.7 Å². The van der Waals surface area contributed by atoms with Crippen molar-refractivity contribution in [1.29, 1.82) is 0 Å². The van der Waals surface area contributed by atoms with E-state index in [0.29, 0.717) is 5.92 Å². The first-order chi connectivity index (χ1) is 10.7. The number of hydrogen-bond acceptors (Lipinski definition) is 5. The van der Waals surface area contributed by atoms with Crippen molar-refractivity contribution in [3.05, 3.63) is 34.6 Å². The van der Waals surface area contributed by atoms with Gasteiger partial charge in [0.25, 0.3) is 0 Å². The lowest BCUT2D eigenvalue weighted by Gasteiger charge is -2.36. The molecule has 2 fully saturated rings.